The molecule has 0 fully saturated rings. The van der Waals surface area contributed by atoms with Gasteiger partial charge in [0.1, 0.15) is 5.82 Å². The van der Waals surface area contributed by atoms with Crippen LogP contribution in [-0.4, -0.2) is 17.6 Å². The van der Waals surface area contributed by atoms with Gasteiger partial charge in [0.15, 0.2) is 0 Å². The summed E-state index contributed by atoms with van der Waals surface area (Å²) in [5, 5.41) is 3.73. The van der Waals surface area contributed by atoms with E-state index in [2.05, 4.69) is 24.1 Å². The molecule has 0 saturated carbocycles. The fraction of sp³-hybridized carbons (Fsp3) is 0.615. The molecule has 2 nitrogen and oxygen atoms in total. The number of hydrogen-bond acceptors (Lipinski definition) is 2. The summed E-state index contributed by atoms with van der Waals surface area (Å²) in [7, 11) is 0. The van der Waals surface area contributed by atoms with Gasteiger partial charge >= 0.3 is 0 Å². The molecule has 96 valence electrons. The Morgan fingerprint density at radius 2 is 2.18 bits per heavy atom. The monoisotopic (exact) mass is 258 g/mol. The van der Waals surface area contributed by atoms with Gasteiger partial charge in [-0.1, -0.05) is 25.4 Å². The number of rotatable bonds is 6. The first-order valence-corrected chi connectivity index (χ1v) is 6.52. The van der Waals surface area contributed by atoms with Crippen LogP contribution < -0.4 is 5.32 Å². The molecule has 0 spiro atoms. The zero-order valence-corrected chi connectivity index (χ0v) is 11.4. The van der Waals surface area contributed by atoms with Gasteiger partial charge in [-0.15, -0.1) is 0 Å². The Hall–Kier alpha value is -0.670. The van der Waals surface area contributed by atoms with Crippen LogP contribution in [0.1, 0.15) is 45.2 Å². The highest BCUT2D eigenvalue weighted by atomic mass is 35.5. The Balaban J connectivity index is 2.85. The molecule has 0 bridgehead atoms. The molecule has 2 atom stereocenters. The molecule has 17 heavy (non-hydrogen) atoms. The Bertz CT molecular complexity index is 357. The predicted molar refractivity (Wildman–Crippen MR) is 70.0 cm³/mol. The fourth-order valence-corrected chi connectivity index (χ4v) is 2.14. The molecule has 1 aromatic heterocycles. The van der Waals surface area contributed by atoms with E-state index in [1.807, 2.05) is 6.92 Å². The zero-order valence-electron chi connectivity index (χ0n) is 10.6. The predicted octanol–water partition coefficient (Wildman–Crippen LogP) is 3.76. The zero-order chi connectivity index (χ0) is 12.8. The van der Waals surface area contributed by atoms with Crippen molar-refractivity contribution in [3.63, 3.8) is 0 Å². The van der Waals surface area contributed by atoms with E-state index in [-0.39, 0.29) is 17.8 Å². The quantitative estimate of drug-likeness (QED) is 0.841. The van der Waals surface area contributed by atoms with Crippen molar-refractivity contribution in [1.29, 1.82) is 0 Å². The van der Waals surface area contributed by atoms with Crippen LogP contribution >= 0.6 is 11.6 Å². The SMILES string of the molecule is CCCNC(C)C(CC)c1ncc(Cl)cc1F. The largest absolute Gasteiger partial charge is 0.314 e. The molecule has 0 saturated heterocycles. The van der Waals surface area contributed by atoms with Gasteiger partial charge in [0.05, 0.1) is 10.7 Å². The third-order valence-electron chi connectivity index (χ3n) is 2.95. The van der Waals surface area contributed by atoms with E-state index in [4.69, 9.17) is 11.6 Å². The van der Waals surface area contributed by atoms with Gasteiger partial charge in [-0.3, -0.25) is 4.98 Å². The molecule has 0 aliphatic carbocycles. The maximum absolute atomic E-state index is 13.8. The van der Waals surface area contributed by atoms with Gasteiger partial charge in [-0.05, 0) is 32.4 Å². The highest BCUT2D eigenvalue weighted by Crippen LogP contribution is 2.25. The Morgan fingerprint density at radius 3 is 2.71 bits per heavy atom. The number of hydrogen-bond donors (Lipinski definition) is 1. The van der Waals surface area contributed by atoms with Crippen LogP contribution in [0.2, 0.25) is 5.02 Å². The maximum Gasteiger partial charge on any atom is 0.146 e. The second-order valence-corrected chi connectivity index (χ2v) is 4.71. The molecule has 0 amide bonds. The number of pyridine rings is 1. The Morgan fingerprint density at radius 1 is 1.47 bits per heavy atom. The summed E-state index contributed by atoms with van der Waals surface area (Å²) in [4.78, 5) is 4.13. The maximum atomic E-state index is 13.8. The van der Waals surface area contributed by atoms with Crippen LogP contribution in [0.3, 0.4) is 0 Å². The average molecular weight is 259 g/mol. The van der Waals surface area contributed by atoms with E-state index in [0.717, 1.165) is 19.4 Å². The minimum absolute atomic E-state index is 0.0822. The first-order valence-electron chi connectivity index (χ1n) is 6.14. The fourth-order valence-electron chi connectivity index (χ4n) is 2.00. The van der Waals surface area contributed by atoms with Gasteiger partial charge in [0, 0.05) is 18.2 Å². The molecular weight excluding hydrogens is 239 g/mol. The smallest absolute Gasteiger partial charge is 0.146 e. The lowest BCUT2D eigenvalue weighted by Crippen LogP contribution is -2.33. The van der Waals surface area contributed by atoms with Crippen molar-refractivity contribution in [2.75, 3.05) is 6.54 Å². The molecule has 1 heterocycles. The molecule has 4 heteroatoms. The number of halogens is 2. The van der Waals surface area contributed by atoms with Crippen LogP contribution in [0.15, 0.2) is 12.3 Å². The van der Waals surface area contributed by atoms with Crippen molar-refractivity contribution >= 4 is 11.6 Å². The summed E-state index contributed by atoms with van der Waals surface area (Å²) in [5.41, 5.74) is 0.507. The van der Waals surface area contributed by atoms with Crippen molar-refractivity contribution in [2.45, 2.75) is 45.6 Å². The number of nitrogens with one attached hydrogen (secondary N) is 1. The molecule has 1 aromatic rings. The summed E-state index contributed by atoms with van der Waals surface area (Å²) in [5.74, 6) is -0.228. The third-order valence-corrected chi connectivity index (χ3v) is 3.15. The third kappa shape index (κ3) is 3.93. The average Bonchev–Trinajstić information content (AvgIpc) is 2.30. The molecule has 0 radical (unpaired) electrons. The van der Waals surface area contributed by atoms with Crippen molar-refractivity contribution in [3.8, 4) is 0 Å². The lowest BCUT2D eigenvalue weighted by molar-refractivity contribution is 0.426. The summed E-state index contributed by atoms with van der Waals surface area (Å²) < 4.78 is 13.8. The molecule has 2 unspecified atom stereocenters. The minimum atomic E-state index is -0.311. The number of aromatic nitrogens is 1. The van der Waals surface area contributed by atoms with E-state index in [1.165, 1.54) is 12.3 Å². The molecule has 1 N–H and O–H groups in total. The van der Waals surface area contributed by atoms with E-state index >= 15 is 0 Å². The summed E-state index contributed by atoms with van der Waals surface area (Å²) in [6.45, 7) is 7.17. The Kier molecular flexibility index (Phi) is 5.86. The van der Waals surface area contributed by atoms with E-state index in [9.17, 15) is 4.39 Å². The Labute approximate surface area is 108 Å². The van der Waals surface area contributed by atoms with Gasteiger partial charge in [-0.2, -0.15) is 0 Å². The lowest BCUT2D eigenvalue weighted by atomic mass is 9.93. The minimum Gasteiger partial charge on any atom is -0.314 e. The van der Waals surface area contributed by atoms with Gasteiger partial charge < -0.3 is 5.32 Å². The second kappa shape index (κ2) is 6.92. The van der Waals surface area contributed by atoms with Gasteiger partial charge in [0.2, 0.25) is 0 Å². The molecule has 0 aliphatic rings. The summed E-state index contributed by atoms with van der Waals surface area (Å²) in [6.07, 6.45) is 3.43. The van der Waals surface area contributed by atoms with E-state index in [0.29, 0.717) is 10.7 Å². The van der Waals surface area contributed by atoms with E-state index < -0.39 is 0 Å². The van der Waals surface area contributed by atoms with Crippen molar-refractivity contribution in [3.05, 3.63) is 28.8 Å². The first kappa shape index (κ1) is 14.4. The first-order chi connectivity index (χ1) is 8.10. The van der Waals surface area contributed by atoms with Crippen molar-refractivity contribution in [2.24, 2.45) is 0 Å². The topological polar surface area (TPSA) is 24.9 Å². The molecule has 0 aromatic carbocycles. The number of nitrogens with zero attached hydrogens (tertiary/aromatic N) is 1. The normalized spacial score (nSPS) is 14.6. The summed E-state index contributed by atoms with van der Waals surface area (Å²) in [6, 6.07) is 1.54. The van der Waals surface area contributed by atoms with Crippen LogP contribution in [0.5, 0.6) is 0 Å². The van der Waals surface area contributed by atoms with E-state index in [1.54, 1.807) is 0 Å². The molecule has 1 rings (SSSR count). The van der Waals surface area contributed by atoms with Crippen molar-refractivity contribution < 1.29 is 4.39 Å². The highest BCUT2D eigenvalue weighted by molar-refractivity contribution is 6.30. The van der Waals surface area contributed by atoms with Gasteiger partial charge in [-0.25, -0.2) is 4.39 Å². The van der Waals surface area contributed by atoms with Crippen LogP contribution in [0, 0.1) is 5.82 Å². The van der Waals surface area contributed by atoms with Gasteiger partial charge in [0.25, 0.3) is 0 Å². The molecular formula is C13H20ClFN2. The lowest BCUT2D eigenvalue weighted by Gasteiger charge is -2.23. The van der Waals surface area contributed by atoms with Crippen LogP contribution in [-0.2, 0) is 0 Å². The second-order valence-electron chi connectivity index (χ2n) is 4.28. The summed E-state index contributed by atoms with van der Waals surface area (Å²) >= 11 is 5.71. The van der Waals surface area contributed by atoms with Crippen molar-refractivity contribution in [1.82, 2.24) is 10.3 Å². The van der Waals surface area contributed by atoms with Crippen LogP contribution in [0.4, 0.5) is 4.39 Å². The standard InChI is InChI=1S/C13H20ClFN2/c1-4-6-16-9(3)11(5-2)13-12(15)7-10(14)8-17-13/h7-9,11,16H,4-6H2,1-3H3. The molecule has 0 aliphatic heterocycles. The highest BCUT2D eigenvalue weighted by Gasteiger charge is 2.21. The van der Waals surface area contributed by atoms with Crippen LogP contribution in [0.25, 0.3) is 0 Å².